The van der Waals surface area contributed by atoms with Crippen LogP contribution in [0.4, 0.5) is 5.95 Å². The predicted octanol–water partition coefficient (Wildman–Crippen LogP) is 3.56. The Morgan fingerprint density at radius 3 is 2.68 bits per heavy atom. The standard InChI is InChI=1S/C15H25N3O/c1-10(2)19-13-9-11(3)16-14(18-13)17-12-7-6-8-15(12,4)5/h9-10,12H,6-8H2,1-5H3,(H,16,17,18). The lowest BCUT2D eigenvalue weighted by Gasteiger charge is -2.28. The molecule has 0 saturated heterocycles. The van der Waals surface area contributed by atoms with E-state index in [1.54, 1.807) is 0 Å². The Morgan fingerprint density at radius 1 is 1.37 bits per heavy atom. The minimum Gasteiger partial charge on any atom is -0.475 e. The molecule has 4 nitrogen and oxygen atoms in total. The van der Waals surface area contributed by atoms with Gasteiger partial charge in [-0.05, 0) is 39.0 Å². The van der Waals surface area contributed by atoms with Gasteiger partial charge >= 0.3 is 0 Å². The van der Waals surface area contributed by atoms with Gasteiger partial charge in [0.05, 0.1) is 6.10 Å². The molecule has 19 heavy (non-hydrogen) atoms. The van der Waals surface area contributed by atoms with Crippen LogP contribution in [0.1, 0.15) is 52.7 Å². The molecule has 1 N–H and O–H groups in total. The average molecular weight is 263 g/mol. The van der Waals surface area contributed by atoms with Gasteiger partial charge in [-0.2, -0.15) is 4.98 Å². The van der Waals surface area contributed by atoms with Crippen LogP contribution in [0.15, 0.2) is 6.07 Å². The maximum Gasteiger partial charge on any atom is 0.226 e. The van der Waals surface area contributed by atoms with Crippen LogP contribution in [-0.2, 0) is 0 Å². The highest BCUT2D eigenvalue weighted by Gasteiger charge is 2.34. The van der Waals surface area contributed by atoms with E-state index in [2.05, 4.69) is 29.1 Å². The minimum absolute atomic E-state index is 0.130. The number of aryl methyl sites for hydroxylation is 1. The fourth-order valence-electron chi connectivity index (χ4n) is 2.66. The highest BCUT2D eigenvalue weighted by Crippen LogP contribution is 2.38. The Labute approximate surface area is 116 Å². The highest BCUT2D eigenvalue weighted by molar-refractivity contribution is 5.33. The van der Waals surface area contributed by atoms with Gasteiger partial charge in [0.2, 0.25) is 11.8 Å². The molecule has 1 aliphatic carbocycles. The minimum atomic E-state index is 0.130. The maximum atomic E-state index is 5.66. The van der Waals surface area contributed by atoms with Gasteiger partial charge in [0.25, 0.3) is 0 Å². The lowest BCUT2D eigenvalue weighted by atomic mass is 9.87. The monoisotopic (exact) mass is 263 g/mol. The summed E-state index contributed by atoms with van der Waals surface area (Å²) < 4.78 is 5.66. The van der Waals surface area contributed by atoms with Crippen LogP contribution in [0, 0.1) is 12.3 Å². The van der Waals surface area contributed by atoms with Crippen molar-refractivity contribution in [2.75, 3.05) is 5.32 Å². The topological polar surface area (TPSA) is 47.0 Å². The predicted molar refractivity (Wildman–Crippen MR) is 77.6 cm³/mol. The summed E-state index contributed by atoms with van der Waals surface area (Å²) in [6, 6.07) is 2.33. The van der Waals surface area contributed by atoms with Crippen molar-refractivity contribution in [2.45, 2.75) is 66.0 Å². The van der Waals surface area contributed by atoms with Gasteiger partial charge in [0, 0.05) is 17.8 Å². The summed E-state index contributed by atoms with van der Waals surface area (Å²) in [7, 11) is 0. The lowest BCUT2D eigenvalue weighted by Crippen LogP contribution is -2.31. The summed E-state index contributed by atoms with van der Waals surface area (Å²) in [4.78, 5) is 8.93. The van der Waals surface area contributed by atoms with Crippen molar-refractivity contribution in [3.63, 3.8) is 0 Å². The molecular weight excluding hydrogens is 238 g/mol. The normalized spacial score (nSPS) is 21.7. The molecule has 1 saturated carbocycles. The van der Waals surface area contributed by atoms with Crippen molar-refractivity contribution in [2.24, 2.45) is 5.41 Å². The lowest BCUT2D eigenvalue weighted by molar-refractivity contribution is 0.232. The van der Waals surface area contributed by atoms with E-state index < -0.39 is 0 Å². The van der Waals surface area contributed by atoms with Gasteiger partial charge in [-0.15, -0.1) is 0 Å². The molecular formula is C15H25N3O. The molecule has 0 amide bonds. The van der Waals surface area contributed by atoms with Crippen LogP contribution in [0.5, 0.6) is 5.88 Å². The van der Waals surface area contributed by atoms with Crippen LogP contribution < -0.4 is 10.1 Å². The third-order valence-electron chi connectivity index (χ3n) is 3.75. The summed E-state index contributed by atoms with van der Waals surface area (Å²) in [5.41, 5.74) is 1.25. The van der Waals surface area contributed by atoms with Crippen LogP contribution in [-0.4, -0.2) is 22.1 Å². The molecule has 0 aromatic carbocycles. The Morgan fingerprint density at radius 2 is 2.11 bits per heavy atom. The summed E-state index contributed by atoms with van der Waals surface area (Å²) in [6.45, 7) is 10.6. The molecule has 0 bridgehead atoms. The Balaban J connectivity index is 2.14. The molecule has 1 aromatic heterocycles. The van der Waals surface area contributed by atoms with E-state index in [1.165, 1.54) is 19.3 Å². The molecule has 4 heteroatoms. The van der Waals surface area contributed by atoms with E-state index in [9.17, 15) is 0 Å². The van der Waals surface area contributed by atoms with Gasteiger partial charge in [-0.3, -0.25) is 0 Å². The maximum absolute atomic E-state index is 5.66. The first kappa shape index (κ1) is 14.1. The zero-order valence-electron chi connectivity index (χ0n) is 12.7. The molecule has 1 aromatic rings. The number of ether oxygens (including phenoxy) is 1. The molecule has 0 spiro atoms. The molecule has 1 heterocycles. The number of nitrogens with zero attached hydrogens (tertiary/aromatic N) is 2. The van der Waals surface area contributed by atoms with Gasteiger partial charge in [0.15, 0.2) is 0 Å². The molecule has 106 valence electrons. The molecule has 0 radical (unpaired) electrons. The second-order valence-corrected chi connectivity index (χ2v) is 6.42. The molecule has 2 rings (SSSR count). The van der Waals surface area contributed by atoms with Gasteiger partial charge in [0.1, 0.15) is 0 Å². The second kappa shape index (κ2) is 5.35. The van der Waals surface area contributed by atoms with Crippen molar-refractivity contribution < 1.29 is 4.74 Å². The largest absolute Gasteiger partial charge is 0.475 e. The van der Waals surface area contributed by atoms with Crippen molar-refractivity contribution in [1.82, 2.24) is 9.97 Å². The van der Waals surface area contributed by atoms with Crippen LogP contribution >= 0.6 is 0 Å². The summed E-state index contributed by atoms with van der Waals surface area (Å²) >= 11 is 0. The van der Waals surface area contributed by atoms with Crippen LogP contribution in [0.2, 0.25) is 0 Å². The number of nitrogens with one attached hydrogen (secondary N) is 1. The Bertz CT molecular complexity index is 443. The molecule has 1 aliphatic rings. The fourth-order valence-corrected chi connectivity index (χ4v) is 2.66. The van der Waals surface area contributed by atoms with Crippen LogP contribution in [0.25, 0.3) is 0 Å². The fraction of sp³-hybridized carbons (Fsp3) is 0.733. The van der Waals surface area contributed by atoms with Gasteiger partial charge in [-0.1, -0.05) is 20.3 Å². The van der Waals surface area contributed by atoms with E-state index in [4.69, 9.17) is 4.74 Å². The average Bonchev–Trinajstić information content (AvgIpc) is 2.56. The first-order valence-corrected chi connectivity index (χ1v) is 7.16. The number of hydrogen-bond acceptors (Lipinski definition) is 4. The third-order valence-corrected chi connectivity index (χ3v) is 3.75. The first-order chi connectivity index (χ1) is 8.87. The summed E-state index contributed by atoms with van der Waals surface area (Å²) in [6.07, 6.45) is 3.84. The van der Waals surface area contributed by atoms with Crippen molar-refractivity contribution in [3.05, 3.63) is 11.8 Å². The van der Waals surface area contributed by atoms with Gasteiger partial charge in [-0.25, -0.2) is 4.98 Å². The van der Waals surface area contributed by atoms with Gasteiger partial charge < -0.3 is 10.1 Å². The molecule has 1 fully saturated rings. The smallest absolute Gasteiger partial charge is 0.226 e. The zero-order valence-corrected chi connectivity index (χ0v) is 12.7. The Kier molecular flexibility index (Phi) is 3.97. The quantitative estimate of drug-likeness (QED) is 0.902. The second-order valence-electron chi connectivity index (χ2n) is 6.42. The summed E-state index contributed by atoms with van der Waals surface area (Å²) in [5.74, 6) is 1.34. The third kappa shape index (κ3) is 3.58. The van der Waals surface area contributed by atoms with Crippen molar-refractivity contribution in [1.29, 1.82) is 0 Å². The SMILES string of the molecule is Cc1cc(OC(C)C)nc(NC2CCCC2(C)C)n1. The number of hydrogen-bond donors (Lipinski definition) is 1. The van der Waals surface area contributed by atoms with E-state index in [1.807, 2.05) is 26.8 Å². The molecule has 1 unspecified atom stereocenters. The number of aromatic nitrogens is 2. The van der Waals surface area contributed by atoms with Crippen molar-refractivity contribution in [3.8, 4) is 5.88 Å². The van der Waals surface area contributed by atoms with Crippen LogP contribution in [0.3, 0.4) is 0 Å². The molecule has 1 atom stereocenters. The number of anilines is 1. The first-order valence-electron chi connectivity index (χ1n) is 7.16. The highest BCUT2D eigenvalue weighted by atomic mass is 16.5. The van der Waals surface area contributed by atoms with E-state index in [-0.39, 0.29) is 6.10 Å². The van der Waals surface area contributed by atoms with E-state index in [0.29, 0.717) is 23.3 Å². The number of rotatable bonds is 4. The Hall–Kier alpha value is -1.32. The zero-order chi connectivity index (χ0) is 14.0. The van der Waals surface area contributed by atoms with Crippen molar-refractivity contribution >= 4 is 5.95 Å². The summed E-state index contributed by atoms with van der Waals surface area (Å²) in [5, 5.41) is 3.48. The van der Waals surface area contributed by atoms with E-state index >= 15 is 0 Å². The van der Waals surface area contributed by atoms with E-state index in [0.717, 1.165) is 5.69 Å². The molecule has 0 aliphatic heterocycles.